The Bertz CT molecular complexity index is 438. The summed E-state index contributed by atoms with van der Waals surface area (Å²) in [7, 11) is 1.74. The van der Waals surface area contributed by atoms with E-state index in [4.69, 9.17) is 10.5 Å². The van der Waals surface area contributed by atoms with E-state index >= 15 is 0 Å². The van der Waals surface area contributed by atoms with Crippen LogP contribution in [0.1, 0.15) is 39.0 Å². The molecule has 2 N–H and O–H groups in total. The van der Waals surface area contributed by atoms with Gasteiger partial charge in [0, 0.05) is 32.2 Å². The van der Waals surface area contributed by atoms with Gasteiger partial charge in [-0.05, 0) is 31.5 Å². The number of piperazine rings is 1. The summed E-state index contributed by atoms with van der Waals surface area (Å²) in [6.45, 7) is 7.85. The molecule has 4 nitrogen and oxygen atoms in total. The van der Waals surface area contributed by atoms with Crippen LogP contribution in [0.15, 0.2) is 24.3 Å². The van der Waals surface area contributed by atoms with Crippen LogP contribution in [0.4, 0.5) is 5.69 Å². The summed E-state index contributed by atoms with van der Waals surface area (Å²) in [6, 6.07) is 8.80. The number of likely N-dealkylation sites (N-methyl/N-ethyl adjacent to an activating group) is 1. The Morgan fingerprint density at radius 3 is 2.22 bits per heavy atom. The molecule has 130 valence electrons. The van der Waals surface area contributed by atoms with Crippen molar-refractivity contribution < 1.29 is 4.74 Å². The summed E-state index contributed by atoms with van der Waals surface area (Å²) in [5, 5.41) is 0. The van der Waals surface area contributed by atoms with Crippen molar-refractivity contribution in [2.24, 2.45) is 5.73 Å². The molecular weight excluding hydrogens is 286 g/mol. The largest absolute Gasteiger partial charge is 0.495 e. The third kappa shape index (κ3) is 5.70. The fraction of sp³-hybridized carbons (Fsp3) is 0.684. The first-order chi connectivity index (χ1) is 11.2. The molecule has 4 heteroatoms. The molecule has 0 atom stereocenters. The van der Waals surface area contributed by atoms with Crippen LogP contribution in [0.5, 0.6) is 5.75 Å². The van der Waals surface area contributed by atoms with Crippen molar-refractivity contribution >= 4 is 5.69 Å². The van der Waals surface area contributed by atoms with Crippen LogP contribution in [0.3, 0.4) is 0 Å². The van der Waals surface area contributed by atoms with Crippen molar-refractivity contribution in [2.75, 3.05) is 44.7 Å². The maximum Gasteiger partial charge on any atom is 0.142 e. The molecule has 1 heterocycles. The third-order valence-corrected chi connectivity index (χ3v) is 4.90. The second kappa shape index (κ2) is 9.78. The number of methoxy groups -OCH3 is 1. The Balaban J connectivity index is 0.000000229. The monoisotopic (exact) mass is 319 g/mol. The predicted molar refractivity (Wildman–Crippen MR) is 98.4 cm³/mol. The Labute approximate surface area is 141 Å². The van der Waals surface area contributed by atoms with Crippen molar-refractivity contribution in [3.8, 4) is 5.75 Å². The first-order valence-electron chi connectivity index (χ1n) is 9.10. The van der Waals surface area contributed by atoms with Crippen LogP contribution in [-0.4, -0.2) is 50.8 Å². The van der Waals surface area contributed by atoms with Crippen LogP contribution in [0, 0.1) is 0 Å². The molecule has 1 saturated heterocycles. The highest BCUT2D eigenvalue weighted by atomic mass is 16.5. The molecule has 1 aliphatic heterocycles. The standard InChI is InChI=1S/C13H20N2O.C6H13N/c1-3-14-8-10-15(11-9-14)12-6-4-5-7-13(12)16-2;7-6-4-2-1-3-5-6/h4-7H,3,8-11H2,1-2H3;6H,1-5,7H2. The average Bonchev–Trinajstić information content (AvgIpc) is 2.63. The van der Waals surface area contributed by atoms with Crippen LogP contribution in [-0.2, 0) is 0 Å². The van der Waals surface area contributed by atoms with E-state index in [-0.39, 0.29) is 0 Å². The summed E-state index contributed by atoms with van der Waals surface area (Å²) < 4.78 is 5.40. The number of ether oxygens (including phenoxy) is 1. The fourth-order valence-corrected chi connectivity index (χ4v) is 3.33. The Morgan fingerprint density at radius 2 is 1.70 bits per heavy atom. The highest BCUT2D eigenvalue weighted by molar-refractivity contribution is 5.58. The smallest absolute Gasteiger partial charge is 0.142 e. The number of hydrogen-bond acceptors (Lipinski definition) is 4. The number of benzene rings is 1. The van der Waals surface area contributed by atoms with Crippen molar-refractivity contribution in [1.82, 2.24) is 4.90 Å². The van der Waals surface area contributed by atoms with Gasteiger partial charge in [0.15, 0.2) is 0 Å². The van der Waals surface area contributed by atoms with Gasteiger partial charge in [-0.2, -0.15) is 0 Å². The molecule has 1 aromatic carbocycles. The zero-order valence-electron chi connectivity index (χ0n) is 14.8. The summed E-state index contributed by atoms with van der Waals surface area (Å²) in [6.07, 6.45) is 6.66. The number of para-hydroxylation sites is 2. The normalized spacial score (nSPS) is 19.9. The van der Waals surface area contributed by atoms with Gasteiger partial charge in [-0.1, -0.05) is 38.3 Å². The molecular formula is C19H33N3O. The first-order valence-corrected chi connectivity index (χ1v) is 9.10. The lowest BCUT2D eigenvalue weighted by Gasteiger charge is -2.36. The number of rotatable bonds is 3. The quantitative estimate of drug-likeness (QED) is 0.929. The van der Waals surface area contributed by atoms with Gasteiger partial charge >= 0.3 is 0 Å². The van der Waals surface area contributed by atoms with Crippen LogP contribution < -0.4 is 15.4 Å². The summed E-state index contributed by atoms with van der Waals surface area (Å²) in [5.74, 6) is 0.979. The average molecular weight is 319 g/mol. The number of anilines is 1. The molecule has 1 aromatic rings. The lowest BCUT2D eigenvalue weighted by atomic mass is 9.97. The zero-order valence-corrected chi connectivity index (χ0v) is 14.8. The molecule has 1 saturated carbocycles. The van der Waals surface area contributed by atoms with Crippen LogP contribution >= 0.6 is 0 Å². The van der Waals surface area contributed by atoms with E-state index in [0.29, 0.717) is 6.04 Å². The minimum atomic E-state index is 0.536. The van der Waals surface area contributed by atoms with Crippen molar-refractivity contribution in [3.63, 3.8) is 0 Å². The second-order valence-corrected chi connectivity index (χ2v) is 6.49. The van der Waals surface area contributed by atoms with Crippen molar-refractivity contribution in [2.45, 2.75) is 45.1 Å². The SMILES string of the molecule is CCN1CCN(c2ccccc2OC)CC1.NC1CCCCC1. The molecule has 0 bridgehead atoms. The predicted octanol–water partition coefficient (Wildman–Crippen LogP) is 3.11. The van der Waals surface area contributed by atoms with Crippen LogP contribution in [0.25, 0.3) is 0 Å². The molecule has 0 amide bonds. The molecule has 0 spiro atoms. The highest BCUT2D eigenvalue weighted by Gasteiger charge is 2.17. The maximum atomic E-state index is 5.63. The Hall–Kier alpha value is -1.26. The molecule has 3 rings (SSSR count). The minimum absolute atomic E-state index is 0.536. The van der Waals surface area contributed by atoms with Crippen molar-refractivity contribution in [3.05, 3.63) is 24.3 Å². The highest BCUT2D eigenvalue weighted by Crippen LogP contribution is 2.28. The fourth-order valence-electron chi connectivity index (χ4n) is 3.33. The van der Waals surface area contributed by atoms with E-state index < -0.39 is 0 Å². The van der Waals surface area contributed by atoms with Gasteiger partial charge in [-0.3, -0.25) is 0 Å². The molecule has 0 unspecified atom stereocenters. The van der Waals surface area contributed by atoms with Gasteiger partial charge in [0.1, 0.15) is 5.75 Å². The number of nitrogens with two attached hydrogens (primary N) is 1. The Morgan fingerprint density at radius 1 is 1.04 bits per heavy atom. The van der Waals surface area contributed by atoms with Gasteiger partial charge in [0.25, 0.3) is 0 Å². The zero-order chi connectivity index (χ0) is 16.5. The van der Waals surface area contributed by atoms with Gasteiger partial charge in [0.05, 0.1) is 12.8 Å². The van der Waals surface area contributed by atoms with E-state index in [1.54, 1.807) is 7.11 Å². The summed E-state index contributed by atoms with van der Waals surface area (Å²) in [4.78, 5) is 4.89. The summed E-state index contributed by atoms with van der Waals surface area (Å²) >= 11 is 0. The van der Waals surface area contributed by atoms with E-state index in [9.17, 15) is 0 Å². The molecule has 2 aliphatic rings. The van der Waals surface area contributed by atoms with E-state index in [1.807, 2.05) is 12.1 Å². The molecule has 23 heavy (non-hydrogen) atoms. The van der Waals surface area contributed by atoms with Crippen LogP contribution in [0.2, 0.25) is 0 Å². The second-order valence-electron chi connectivity index (χ2n) is 6.49. The lowest BCUT2D eigenvalue weighted by Crippen LogP contribution is -2.46. The number of hydrogen-bond donors (Lipinski definition) is 1. The van der Waals surface area contributed by atoms with E-state index in [1.165, 1.54) is 37.8 Å². The maximum absolute atomic E-state index is 5.63. The molecule has 0 aromatic heterocycles. The van der Waals surface area contributed by atoms with Gasteiger partial charge in [0.2, 0.25) is 0 Å². The van der Waals surface area contributed by atoms with Gasteiger partial charge < -0.3 is 20.3 Å². The topological polar surface area (TPSA) is 41.7 Å². The van der Waals surface area contributed by atoms with E-state index in [0.717, 1.165) is 38.5 Å². The van der Waals surface area contributed by atoms with E-state index in [2.05, 4.69) is 28.9 Å². The van der Waals surface area contributed by atoms with Crippen molar-refractivity contribution in [1.29, 1.82) is 0 Å². The first kappa shape index (κ1) is 18.1. The molecule has 2 fully saturated rings. The Kier molecular flexibility index (Phi) is 7.69. The number of nitrogens with zero attached hydrogens (tertiary/aromatic N) is 2. The minimum Gasteiger partial charge on any atom is -0.495 e. The third-order valence-electron chi connectivity index (χ3n) is 4.90. The van der Waals surface area contributed by atoms with Gasteiger partial charge in [-0.25, -0.2) is 0 Å². The lowest BCUT2D eigenvalue weighted by molar-refractivity contribution is 0.270. The summed E-state index contributed by atoms with van der Waals surface area (Å²) in [5.41, 5.74) is 6.86. The molecule has 0 radical (unpaired) electrons. The molecule has 1 aliphatic carbocycles. The van der Waals surface area contributed by atoms with Gasteiger partial charge in [-0.15, -0.1) is 0 Å².